The molecular formula is C22H25N5O4. The van der Waals surface area contributed by atoms with Crippen molar-refractivity contribution in [2.24, 2.45) is 0 Å². The van der Waals surface area contributed by atoms with Gasteiger partial charge in [0.1, 0.15) is 6.54 Å². The summed E-state index contributed by atoms with van der Waals surface area (Å²) < 4.78 is 6.12. The van der Waals surface area contributed by atoms with Gasteiger partial charge in [0.2, 0.25) is 0 Å². The number of carbonyl (C=O) groups is 2. The minimum atomic E-state index is -0.934. The first-order valence-electron chi connectivity index (χ1n) is 9.82. The van der Waals surface area contributed by atoms with Crippen LogP contribution in [0, 0.1) is 13.8 Å². The number of ether oxygens (including phenoxy) is 1. The molecule has 2 aromatic carbocycles. The molecule has 0 saturated heterocycles. The van der Waals surface area contributed by atoms with E-state index in [9.17, 15) is 14.7 Å². The fourth-order valence-corrected chi connectivity index (χ4v) is 3.47. The molecule has 0 amide bonds. The molecule has 2 unspecified atom stereocenters. The van der Waals surface area contributed by atoms with E-state index in [4.69, 9.17) is 4.74 Å². The number of aromatic nitrogens is 4. The normalized spacial score (nSPS) is 12.9. The number of rotatable bonds is 9. The predicted molar refractivity (Wildman–Crippen MR) is 112 cm³/mol. The minimum Gasteiger partial charge on any atom is -0.481 e. The van der Waals surface area contributed by atoms with Gasteiger partial charge in [-0.2, -0.15) is 0 Å². The molecule has 1 aromatic heterocycles. The molecule has 0 radical (unpaired) electrons. The molecule has 1 heterocycles. The van der Waals surface area contributed by atoms with E-state index >= 15 is 0 Å². The molecule has 0 saturated carbocycles. The zero-order chi connectivity index (χ0) is 22.4. The third-order valence-corrected chi connectivity index (χ3v) is 5.01. The largest absolute Gasteiger partial charge is 0.481 e. The maximum absolute atomic E-state index is 11.8. The molecule has 3 rings (SSSR count). The second-order valence-corrected chi connectivity index (χ2v) is 7.29. The Morgan fingerprint density at radius 3 is 2.61 bits per heavy atom. The van der Waals surface area contributed by atoms with Gasteiger partial charge in [-0.25, -0.2) is 4.68 Å². The number of aryl methyl sites for hydroxylation is 2. The zero-order valence-electron chi connectivity index (χ0n) is 17.6. The number of carboxylic acid groups (broad SMARTS) is 1. The molecule has 0 aliphatic carbocycles. The number of methoxy groups -OCH3 is 1. The van der Waals surface area contributed by atoms with Crippen LogP contribution in [0.25, 0.3) is 0 Å². The van der Waals surface area contributed by atoms with Crippen LogP contribution in [0.4, 0.5) is 0 Å². The standard InChI is InChI=1S/C22H25N5O4/c1-14-7-6-9-16(11-14)18(12-19(28)29)23-21(17-10-5-4-8-15(17)2)22-24-25-26-27(22)13-20(30)31-3/h4-11,18,21,23H,12-13H2,1-3H3,(H,28,29). The van der Waals surface area contributed by atoms with E-state index in [1.54, 1.807) is 0 Å². The van der Waals surface area contributed by atoms with Crippen molar-refractivity contribution in [2.45, 2.75) is 38.9 Å². The zero-order valence-corrected chi connectivity index (χ0v) is 17.6. The van der Waals surface area contributed by atoms with Crippen LogP contribution in [0.2, 0.25) is 0 Å². The highest BCUT2D eigenvalue weighted by Crippen LogP contribution is 2.28. The lowest BCUT2D eigenvalue weighted by atomic mass is 9.96. The number of nitrogens with zero attached hydrogens (tertiary/aromatic N) is 4. The summed E-state index contributed by atoms with van der Waals surface area (Å²) in [6.07, 6.45) is -0.135. The van der Waals surface area contributed by atoms with Crippen LogP contribution >= 0.6 is 0 Å². The maximum atomic E-state index is 11.8. The summed E-state index contributed by atoms with van der Waals surface area (Å²) in [6.45, 7) is 3.76. The van der Waals surface area contributed by atoms with E-state index in [0.29, 0.717) is 5.82 Å². The topological polar surface area (TPSA) is 119 Å². The highest BCUT2D eigenvalue weighted by atomic mass is 16.5. The van der Waals surface area contributed by atoms with Crippen molar-refractivity contribution >= 4 is 11.9 Å². The molecule has 0 bridgehead atoms. The van der Waals surface area contributed by atoms with Crippen LogP contribution in [-0.4, -0.2) is 44.4 Å². The summed E-state index contributed by atoms with van der Waals surface area (Å²) in [7, 11) is 1.30. The average Bonchev–Trinajstić information content (AvgIpc) is 3.19. The number of hydrogen-bond acceptors (Lipinski definition) is 7. The average molecular weight is 423 g/mol. The van der Waals surface area contributed by atoms with Gasteiger partial charge in [0.25, 0.3) is 0 Å². The van der Waals surface area contributed by atoms with Gasteiger partial charge in [-0.3, -0.25) is 14.9 Å². The van der Waals surface area contributed by atoms with Crippen LogP contribution in [-0.2, 0) is 20.9 Å². The Morgan fingerprint density at radius 1 is 1.16 bits per heavy atom. The Hall–Kier alpha value is -3.59. The fourth-order valence-electron chi connectivity index (χ4n) is 3.47. The van der Waals surface area contributed by atoms with Gasteiger partial charge in [-0.15, -0.1) is 5.10 Å². The van der Waals surface area contributed by atoms with E-state index in [-0.39, 0.29) is 13.0 Å². The smallest absolute Gasteiger partial charge is 0.327 e. The molecule has 162 valence electrons. The third kappa shape index (κ3) is 5.52. The van der Waals surface area contributed by atoms with E-state index < -0.39 is 24.0 Å². The van der Waals surface area contributed by atoms with E-state index in [1.807, 2.05) is 62.4 Å². The molecule has 31 heavy (non-hydrogen) atoms. The number of carboxylic acids is 1. The van der Waals surface area contributed by atoms with Crippen LogP contribution in [0.1, 0.15) is 46.6 Å². The van der Waals surface area contributed by atoms with Gasteiger partial charge in [0, 0.05) is 6.04 Å². The second kappa shape index (κ2) is 9.94. The molecule has 0 aliphatic rings. The van der Waals surface area contributed by atoms with Crippen molar-refractivity contribution in [3.63, 3.8) is 0 Å². The number of hydrogen-bond donors (Lipinski definition) is 2. The SMILES string of the molecule is COC(=O)Cn1nnnc1C(NC(CC(=O)O)c1cccc(C)c1)c1ccccc1C. The third-order valence-electron chi connectivity index (χ3n) is 5.01. The molecule has 0 fully saturated rings. The summed E-state index contributed by atoms with van der Waals surface area (Å²) in [5.74, 6) is -1.03. The Balaban J connectivity index is 2.06. The summed E-state index contributed by atoms with van der Waals surface area (Å²) >= 11 is 0. The Morgan fingerprint density at radius 2 is 1.94 bits per heavy atom. The van der Waals surface area contributed by atoms with E-state index in [0.717, 1.165) is 22.3 Å². The lowest BCUT2D eigenvalue weighted by Crippen LogP contribution is -2.32. The summed E-state index contributed by atoms with van der Waals surface area (Å²) in [4.78, 5) is 23.5. The molecule has 2 N–H and O–H groups in total. The van der Waals surface area contributed by atoms with Crippen molar-refractivity contribution in [3.05, 3.63) is 76.6 Å². The highest BCUT2D eigenvalue weighted by Gasteiger charge is 2.28. The Labute approximate surface area is 180 Å². The monoisotopic (exact) mass is 423 g/mol. The molecule has 9 nitrogen and oxygen atoms in total. The van der Waals surface area contributed by atoms with Crippen LogP contribution in [0.15, 0.2) is 48.5 Å². The Bertz CT molecular complexity index is 1070. The summed E-state index contributed by atoms with van der Waals surface area (Å²) in [6, 6.07) is 14.3. The molecule has 0 spiro atoms. The molecule has 0 aliphatic heterocycles. The Kier molecular flexibility index (Phi) is 7.09. The fraction of sp³-hybridized carbons (Fsp3) is 0.318. The molecule has 2 atom stereocenters. The molecular weight excluding hydrogens is 398 g/mol. The lowest BCUT2D eigenvalue weighted by molar-refractivity contribution is -0.141. The minimum absolute atomic E-state index is 0.135. The summed E-state index contributed by atoms with van der Waals surface area (Å²) in [5, 5.41) is 24.8. The van der Waals surface area contributed by atoms with Crippen molar-refractivity contribution in [1.82, 2.24) is 25.5 Å². The number of tetrazole rings is 1. The van der Waals surface area contributed by atoms with Gasteiger partial charge in [0.15, 0.2) is 5.82 Å². The van der Waals surface area contributed by atoms with Gasteiger partial charge in [-0.1, -0.05) is 54.1 Å². The predicted octanol–water partition coefficient (Wildman–Crippen LogP) is 2.36. The number of carbonyl (C=O) groups excluding carboxylic acids is 1. The van der Waals surface area contributed by atoms with Crippen LogP contribution in [0.5, 0.6) is 0 Å². The van der Waals surface area contributed by atoms with Gasteiger partial charge in [-0.05, 0) is 41.0 Å². The van der Waals surface area contributed by atoms with E-state index in [1.165, 1.54) is 11.8 Å². The first kappa shape index (κ1) is 22.1. The van der Waals surface area contributed by atoms with Crippen molar-refractivity contribution in [3.8, 4) is 0 Å². The first-order chi connectivity index (χ1) is 14.9. The second-order valence-electron chi connectivity index (χ2n) is 7.29. The van der Waals surface area contributed by atoms with Gasteiger partial charge >= 0.3 is 11.9 Å². The van der Waals surface area contributed by atoms with Crippen molar-refractivity contribution in [2.75, 3.05) is 7.11 Å². The molecule has 9 heteroatoms. The van der Waals surface area contributed by atoms with Crippen LogP contribution < -0.4 is 5.32 Å². The van der Waals surface area contributed by atoms with Crippen LogP contribution in [0.3, 0.4) is 0 Å². The number of aliphatic carboxylic acids is 1. The highest BCUT2D eigenvalue weighted by molar-refractivity contribution is 5.69. The van der Waals surface area contributed by atoms with Crippen molar-refractivity contribution < 1.29 is 19.4 Å². The quantitative estimate of drug-likeness (QED) is 0.504. The number of benzene rings is 2. The van der Waals surface area contributed by atoms with Gasteiger partial charge < -0.3 is 9.84 Å². The van der Waals surface area contributed by atoms with E-state index in [2.05, 4.69) is 20.8 Å². The van der Waals surface area contributed by atoms with Gasteiger partial charge in [0.05, 0.1) is 19.6 Å². The first-order valence-corrected chi connectivity index (χ1v) is 9.82. The lowest BCUT2D eigenvalue weighted by Gasteiger charge is -2.26. The summed E-state index contributed by atoms with van der Waals surface area (Å²) in [5.41, 5.74) is 3.73. The van der Waals surface area contributed by atoms with Crippen molar-refractivity contribution in [1.29, 1.82) is 0 Å². The molecule has 3 aromatic rings. The number of nitrogens with one attached hydrogen (secondary N) is 1. The maximum Gasteiger partial charge on any atom is 0.327 e. The number of esters is 1.